The van der Waals surface area contributed by atoms with E-state index in [-0.39, 0.29) is 17.8 Å². The van der Waals surface area contributed by atoms with Gasteiger partial charge in [0, 0.05) is 44.9 Å². The summed E-state index contributed by atoms with van der Waals surface area (Å²) in [5.74, 6) is 0.917. The van der Waals surface area contributed by atoms with E-state index >= 15 is 0 Å². The highest BCUT2D eigenvalue weighted by Gasteiger charge is 2.23. The number of rotatable bonds is 8. The van der Waals surface area contributed by atoms with E-state index in [9.17, 15) is 9.59 Å². The van der Waals surface area contributed by atoms with E-state index in [4.69, 9.17) is 16.3 Å². The number of benzene rings is 3. The number of methoxy groups -OCH3 is 1. The van der Waals surface area contributed by atoms with Crippen LogP contribution in [0.3, 0.4) is 0 Å². The van der Waals surface area contributed by atoms with Gasteiger partial charge in [0.1, 0.15) is 10.8 Å². The first-order valence-electron chi connectivity index (χ1n) is 13.1. The molecule has 4 aromatic rings. The number of nitrogens with zero attached hydrogens (tertiary/aromatic N) is 4. The van der Waals surface area contributed by atoms with Crippen molar-refractivity contribution in [2.45, 2.75) is 6.92 Å². The number of aromatic nitrogens is 2. The van der Waals surface area contributed by atoms with Gasteiger partial charge in [0.2, 0.25) is 17.8 Å². The number of hydrogen-bond acceptors (Lipinski definition) is 8. The summed E-state index contributed by atoms with van der Waals surface area (Å²) in [6.45, 7) is 7.52. The predicted molar refractivity (Wildman–Crippen MR) is 164 cm³/mol. The molecule has 10 nitrogen and oxygen atoms in total. The lowest BCUT2D eigenvalue weighted by molar-refractivity contribution is -0.129. The molecule has 0 spiro atoms. The third kappa shape index (κ3) is 6.33. The number of nitrogens with one attached hydrogen (secondary N) is 3. The Labute approximate surface area is 243 Å². The molecule has 0 saturated carbocycles. The van der Waals surface area contributed by atoms with Crippen LogP contribution in [0.15, 0.2) is 73.4 Å². The summed E-state index contributed by atoms with van der Waals surface area (Å²) in [6, 6.07) is 17.7. The third-order valence-electron chi connectivity index (χ3n) is 6.83. The Bertz CT molecular complexity index is 1620. The zero-order valence-corrected chi connectivity index (χ0v) is 23.5. The maximum absolute atomic E-state index is 12.3. The summed E-state index contributed by atoms with van der Waals surface area (Å²) in [6.07, 6.45) is 2.72. The van der Waals surface area contributed by atoms with Gasteiger partial charge >= 0.3 is 0 Å². The van der Waals surface area contributed by atoms with Gasteiger partial charge in [-0.15, -0.1) is 0 Å². The molecular weight excluding hydrogens is 542 g/mol. The summed E-state index contributed by atoms with van der Waals surface area (Å²) in [5, 5.41) is 11.9. The molecule has 11 heteroatoms. The zero-order chi connectivity index (χ0) is 28.9. The molecule has 3 aromatic carbocycles. The number of hydrogen-bond donors (Lipinski definition) is 3. The second-order valence-corrected chi connectivity index (χ2v) is 9.87. The van der Waals surface area contributed by atoms with E-state index in [1.165, 1.54) is 12.3 Å². The molecule has 0 atom stereocenters. The number of carbonyl (C=O) groups excluding carboxylic acids is 2. The van der Waals surface area contributed by atoms with Crippen LogP contribution in [-0.4, -0.2) is 60.0 Å². The molecule has 1 aromatic heterocycles. The lowest BCUT2D eigenvalue weighted by Crippen LogP contribution is -2.48. The molecule has 1 fully saturated rings. The lowest BCUT2D eigenvalue weighted by Gasteiger charge is -2.36. The van der Waals surface area contributed by atoms with Crippen molar-refractivity contribution in [3.63, 3.8) is 0 Å². The van der Waals surface area contributed by atoms with Crippen molar-refractivity contribution in [3.8, 4) is 5.75 Å². The fourth-order valence-corrected chi connectivity index (χ4v) is 4.82. The van der Waals surface area contributed by atoms with Gasteiger partial charge in [-0.3, -0.25) is 9.59 Å². The Morgan fingerprint density at radius 2 is 1.76 bits per heavy atom. The van der Waals surface area contributed by atoms with Crippen LogP contribution in [0, 0.1) is 0 Å². The Kier molecular flexibility index (Phi) is 8.21. The number of carbonyl (C=O) groups is 2. The smallest absolute Gasteiger partial charge is 0.247 e. The van der Waals surface area contributed by atoms with Crippen LogP contribution in [0.5, 0.6) is 5.75 Å². The van der Waals surface area contributed by atoms with E-state index in [2.05, 4.69) is 43.5 Å². The normalized spacial score (nSPS) is 13.0. The quantitative estimate of drug-likeness (QED) is 0.235. The van der Waals surface area contributed by atoms with Gasteiger partial charge in [-0.05, 0) is 35.0 Å². The van der Waals surface area contributed by atoms with Crippen LogP contribution in [0.1, 0.15) is 6.92 Å². The zero-order valence-electron chi connectivity index (χ0n) is 22.8. The van der Waals surface area contributed by atoms with E-state index in [1.807, 2.05) is 42.5 Å². The molecule has 0 bridgehead atoms. The lowest BCUT2D eigenvalue weighted by atomic mass is 10.1. The van der Waals surface area contributed by atoms with Crippen molar-refractivity contribution in [3.05, 3.63) is 78.5 Å². The van der Waals surface area contributed by atoms with Crippen molar-refractivity contribution < 1.29 is 14.3 Å². The number of halogens is 1. The first kappa shape index (κ1) is 27.7. The molecule has 0 unspecified atom stereocenters. The first-order chi connectivity index (χ1) is 19.8. The summed E-state index contributed by atoms with van der Waals surface area (Å²) < 4.78 is 5.70. The minimum Gasteiger partial charge on any atom is -0.494 e. The van der Waals surface area contributed by atoms with Crippen molar-refractivity contribution in [1.29, 1.82) is 0 Å². The average molecular weight is 572 g/mol. The van der Waals surface area contributed by atoms with Crippen molar-refractivity contribution in [2.24, 2.45) is 0 Å². The van der Waals surface area contributed by atoms with Crippen molar-refractivity contribution in [2.75, 3.05) is 54.1 Å². The second kappa shape index (κ2) is 12.1. The molecule has 41 heavy (non-hydrogen) atoms. The van der Waals surface area contributed by atoms with Crippen LogP contribution in [0.25, 0.3) is 10.8 Å². The number of fused-ring (bicyclic) bond motifs is 1. The van der Waals surface area contributed by atoms with Crippen LogP contribution in [0.2, 0.25) is 5.02 Å². The topological polar surface area (TPSA) is 112 Å². The summed E-state index contributed by atoms with van der Waals surface area (Å²) >= 11 is 6.43. The minimum atomic E-state index is -0.352. The number of ether oxygens (including phenoxy) is 1. The molecule has 0 radical (unpaired) electrons. The van der Waals surface area contributed by atoms with Crippen LogP contribution in [-0.2, 0) is 9.59 Å². The number of anilines is 6. The van der Waals surface area contributed by atoms with Gasteiger partial charge in [-0.2, -0.15) is 4.98 Å². The van der Waals surface area contributed by atoms with Gasteiger partial charge < -0.3 is 30.5 Å². The van der Waals surface area contributed by atoms with E-state index in [0.29, 0.717) is 54.1 Å². The van der Waals surface area contributed by atoms with E-state index < -0.39 is 0 Å². The van der Waals surface area contributed by atoms with Gasteiger partial charge in [0.15, 0.2) is 5.82 Å². The maximum atomic E-state index is 12.3. The molecule has 210 valence electrons. The number of piperazine rings is 1. The highest BCUT2D eigenvalue weighted by molar-refractivity contribution is 6.33. The fraction of sp³-hybridized carbons (Fsp3) is 0.200. The van der Waals surface area contributed by atoms with Crippen LogP contribution in [0.4, 0.5) is 34.5 Å². The Morgan fingerprint density at radius 3 is 2.46 bits per heavy atom. The third-order valence-corrected chi connectivity index (χ3v) is 7.11. The van der Waals surface area contributed by atoms with Gasteiger partial charge in [-0.1, -0.05) is 48.5 Å². The molecule has 2 heterocycles. The van der Waals surface area contributed by atoms with E-state index in [0.717, 1.165) is 22.1 Å². The van der Waals surface area contributed by atoms with Gasteiger partial charge in [0.05, 0.1) is 30.4 Å². The van der Waals surface area contributed by atoms with Gasteiger partial charge in [-0.25, -0.2) is 4.98 Å². The molecule has 5 rings (SSSR count). The average Bonchev–Trinajstić information content (AvgIpc) is 2.99. The van der Waals surface area contributed by atoms with Crippen LogP contribution < -0.4 is 25.6 Å². The summed E-state index contributed by atoms with van der Waals surface area (Å²) in [5.41, 5.74) is 2.69. The molecule has 1 aliphatic heterocycles. The number of amides is 2. The standard InChI is InChI=1S/C30H30ClN7O3/c1-4-28(40)34-24-16-25(27(41-3)17-26(24)38-13-11-37(12-14-38)19(2)39)35-30-32-18-23(31)29(36-30)33-22-10-9-20-7-5-6-8-21(20)15-22/h4-10,15-18H,1,11-14H2,2-3H3,(H,34,40)(H2,32,33,35,36). The largest absolute Gasteiger partial charge is 0.494 e. The molecule has 1 saturated heterocycles. The predicted octanol–water partition coefficient (Wildman–Crippen LogP) is 5.57. The van der Waals surface area contributed by atoms with Gasteiger partial charge in [0.25, 0.3) is 0 Å². The molecule has 3 N–H and O–H groups in total. The second-order valence-electron chi connectivity index (χ2n) is 9.46. The van der Waals surface area contributed by atoms with E-state index in [1.54, 1.807) is 25.0 Å². The molecule has 1 aliphatic rings. The minimum absolute atomic E-state index is 0.0411. The Hall–Kier alpha value is -4.83. The first-order valence-corrected chi connectivity index (χ1v) is 13.4. The Balaban J connectivity index is 1.43. The van der Waals surface area contributed by atoms with Crippen molar-refractivity contribution >= 4 is 68.7 Å². The Morgan fingerprint density at radius 1 is 1.00 bits per heavy atom. The monoisotopic (exact) mass is 571 g/mol. The molecule has 0 aliphatic carbocycles. The highest BCUT2D eigenvalue weighted by atomic mass is 35.5. The van der Waals surface area contributed by atoms with Crippen LogP contribution >= 0.6 is 11.6 Å². The summed E-state index contributed by atoms with van der Waals surface area (Å²) in [7, 11) is 1.56. The summed E-state index contributed by atoms with van der Waals surface area (Å²) in [4.78, 5) is 37.0. The molecule has 2 amide bonds. The molecular formula is C30H30ClN7O3. The maximum Gasteiger partial charge on any atom is 0.247 e. The fourth-order valence-electron chi connectivity index (χ4n) is 4.68. The van der Waals surface area contributed by atoms with Crippen molar-refractivity contribution in [1.82, 2.24) is 14.9 Å². The highest BCUT2D eigenvalue weighted by Crippen LogP contribution is 2.39. The SMILES string of the molecule is C=CC(=O)Nc1cc(Nc2ncc(Cl)c(Nc3ccc4ccccc4c3)n2)c(OC)cc1N1CCN(C(C)=O)CC1.